The van der Waals surface area contributed by atoms with Crippen LogP contribution in [0, 0.1) is 0 Å². The predicted molar refractivity (Wildman–Crippen MR) is 87.3 cm³/mol. The molecular formula is C16H18BrN3O. The zero-order valence-electron chi connectivity index (χ0n) is 12.1. The van der Waals surface area contributed by atoms with Gasteiger partial charge in [-0.15, -0.1) is 0 Å². The largest absolute Gasteiger partial charge is 0.458 e. The fourth-order valence-corrected chi connectivity index (χ4v) is 3.06. The monoisotopic (exact) mass is 347 g/mol. The fraction of sp³-hybridized carbons (Fsp3) is 0.312. The molecule has 0 fully saturated rings. The third kappa shape index (κ3) is 2.63. The lowest BCUT2D eigenvalue weighted by Crippen LogP contribution is -2.21. The van der Waals surface area contributed by atoms with Gasteiger partial charge < -0.3 is 14.3 Å². The van der Waals surface area contributed by atoms with E-state index in [4.69, 9.17) is 4.42 Å². The maximum absolute atomic E-state index is 6.05. The Hall–Kier alpha value is -1.59. The Labute approximate surface area is 132 Å². The van der Waals surface area contributed by atoms with Crippen LogP contribution in [-0.4, -0.2) is 16.6 Å². The maximum Gasteiger partial charge on any atom is 0.148 e. The van der Waals surface area contributed by atoms with E-state index in [-0.39, 0.29) is 6.04 Å². The van der Waals surface area contributed by atoms with Crippen molar-refractivity contribution < 1.29 is 4.42 Å². The molecule has 3 aromatic rings. The number of aryl methyl sites for hydroxylation is 1. The van der Waals surface area contributed by atoms with Gasteiger partial charge in [-0.2, -0.15) is 0 Å². The first-order valence-corrected chi connectivity index (χ1v) is 7.90. The lowest BCUT2D eigenvalue weighted by Gasteiger charge is -2.15. The lowest BCUT2D eigenvalue weighted by atomic mass is 10.2. The highest BCUT2D eigenvalue weighted by molar-refractivity contribution is 9.10. The number of rotatable bonds is 5. The van der Waals surface area contributed by atoms with Gasteiger partial charge in [-0.25, -0.2) is 4.98 Å². The van der Waals surface area contributed by atoms with E-state index in [9.17, 15) is 0 Å². The van der Waals surface area contributed by atoms with Gasteiger partial charge in [0.15, 0.2) is 0 Å². The molecule has 3 rings (SSSR count). The van der Waals surface area contributed by atoms with Crippen molar-refractivity contribution in [2.75, 3.05) is 7.05 Å². The first-order valence-electron chi connectivity index (χ1n) is 7.10. The van der Waals surface area contributed by atoms with Gasteiger partial charge in [0, 0.05) is 24.3 Å². The molecular weight excluding hydrogens is 330 g/mol. The molecule has 5 heteroatoms. The number of para-hydroxylation sites is 1. The number of furan rings is 1. The first-order chi connectivity index (χ1) is 10.2. The average molecular weight is 348 g/mol. The van der Waals surface area contributed by atoms with Crippen molar-refractivity contribution in [1.82, 2.24) is 14.9 Å². The van der Waals surface area contributed by atoms with Crippen molar-refractivity contribution in [2.24, 2.45) is 0 Å². The zero-order valence-corrected chi connectivity index (χ0v) is 13.7. The van der Waals surface area contributed by atoms with Crippen molar-refractivity contribution in [3.05, 3.63) is 52.7 Å². The summed E-state index contributed by atoms with van der Waals surface area (Å²) in [6, 6.07) is 8.08. The highest BCUT2D eigenvalue weighted by Crippen LogP contribution is 2.31. The number of hydrogen-bond donors (Lipinski definition) is 1. The van der Waals surface area contributed by atoms with Crippen LogP contribution in [0.2, 0.25) is 0 Å². The minimum absolute atomic E-state index is 0.0501. The summed E-state index contributed by atoms with van der Waals surface area (Å²) in [5.74, 6) is 1.86. The summed E-state index contributed by atoms with van der Waals surface area (Å²) in [5.41, 5.74) is 0.876. The number of halogens is 1. The van der Waals surface area contributed by atoms with Crippen LogP contribution in [0.4, 0.5) is 0 Å². The van der Waals surface area contributed by atoms with Crippen LogP contribution in [0.25, 0.3) is 11.0 Å². The van der Waals surface area contributed by atoms with Crippen LogP contribution in [0.5, 0.6) is 0 Å². The molecule has 2 aromatic heterocycles. The second kappa shape index (κ2) is 6.03. The lowest BCUT2D eigenvalue weighted by molar-refractivity contribution is 0.462. The van der Waals surface area contributed by atoms with E-state index in [1.807, 2.05) is 31.6 Å². The molecule has 0 aliphatic carbocycles. The van der Waals surface area contributed by atoms with Crippen LogP contribution in [0.1, 0.15) is 31.0 Å². The van der Waals surface area contributed by atoms with Gasteiger partial charge in [-0.05, 0) is 41.5 Å². The zero-order chi connectivity index (χ0) is 14.8. The van der Waals surface area contributed by atoms with E-state index < -0.39 is 0 Å². The quantitative estimate of drug-likeness (QED) is 0.755. The molecule has 1 atom stereocenters. The van der Waals surface area contributed by atoms with Crippen molar-refractivity contribution in [3.8, 4) is 0 Å². The van der Waals surface area contributed by atoms with E-state index >= 15 is 0 Å². The number of imidazole rings is 1. The molecule has 0 spiro atoms. The first kappa shape index (κ1) is 14.4. The van der Waals surface area contributed by atoms with Crippen LogP contribution in [0.3, 0.4) is 0 Å². The van der Waals surface area contributed by atoms with E-state index in [1.54, 1.807) is 0 Å². The second-order valence-electron chi connectivity index (χ2n) is 5.01. The molecule has 0 aliphatic heterocycles. The molecule has 110 valence electrons. The number of fused-ring (bicyclic) bond motifs is 1. The minimum Gasteiger partial charge on any atom is -0.458 e. The Morgan fingerprint density at radius 3 is 3.00 bits per heavy atom. The van der Waals surface area contributed by atoms with Gasteiger partial charge in [-0.1, -0.05) is 19.1 Å². The van der Waals surface area contributed by atoms with Crippen LogP contribution in [0.15, 0.2) is 45.5 Å². The smallest absolute Gasteiger partial charge is 0.148 e. The molecule has 1 aromatic carbocycles. The van der Waals surface area contributed by atoms with E-state index in [0.717, 1.165) is 40.0 Å². The highest BCUT2D eigenvalue weighted by atomic mass is 79.9. The third-order valence-corrected chi connectivity index (χ3v) is 4.18. The van der Waals surface area contributed by atoms with Gasteiger partial charge in [0.25, 0.3) is 0 Å². The molecule has 0 bridgehead atoms. The Balaban J connectivity index is 2.05. The Morgan fingerprint density at radius 2 is 2.29 bits per heavy atom. The number of benzene rings is 1. The van der Waals surface area contributed by atoms with Gasteiger partial charge in [0.2, 0.25) is 0 Å². The number of nitrogens with zero attached hydrogens (tertiary/aromatic N) is 2. The molecule has 0 aliphatic rings. The molecule has 1 N–H and O–H groups in total. The highest BCUT2D eigenvalue weighted by Gasteiger charge is 2.21. The van der Waals surface area contributed by atoms with Gasteiger partial charge in [0.05, 0.1) is 4.47 Å². The molecule has 1 unspecified atom stereocenters. The predicted octanol–water partition coefficient (Wildman–Crippen LogP) is 4.11. The van der Waals surface area contributed by atoms with Crippen LogP contribution in [-0.2, 0) is 6.54 Å². The summed E-state index contributed by atoms with van der Waals surface area (Å²) in [4.78, 5) is 4.50. The summed E-state index contributed by atoms with van der Waals surface area (Å²) in [5, 5.41) is 4.40. The molecule has 4 nitrogen and oxygen atoms in total. The molecule has 0 saturated carbocycles. The Bertz CT molecular complexity index is 747. The van der Waals surface area contributed by atoms with Crippen molar-refractivity contribution >= 4 is 26.9 Å². The molecule has 0 saturated heterocycles. The fourth-order valence-electron chi connectivity index (χ4n) is 2.60. The number of aromatic nitrogens is 2. The van der Waals surface area contributed by atoms with Gasteiger partial charge >= 0.3 is 0 Å². The molecule has 21 heavy (non-hydrogen) atoms. The summed E-state index contributed by atoms with van der Waals surface area (Å²) in [6.07, 6.45) is 4.93. The molecule has 0 amide bonds. The number of hydrogen-bond acceptors (Lipinski definition) is 3. The standard InChI is InChI=1S/C16H18BrN3O/c1-3-8-20-9-7-19-16(20)14(18-2)13-10-11-5-4-6-12(17)15(11)21-13/h4-7,9-10,14,18H,3,8H2,1-2H3. The van der Waals surface area contributed by atoms with Crippen molar-refractivity contribution in [1.29, 1.82) is 0 Å². The van der Waals surface area contributed by atoms with Crippen molar-refractivity contribution in [3.63, 3.8) is 0 Å². The topological polar surface area (TPSA) is 43.0 Å². The SMILES string of the molecule is CCCn1ccnc1C(NC)c1cc2cccc(Br)c2o1. The molecule has 2 heterocycles. The molecule has 0 radical (unpaired) electrons. The number of nitrogens with one attached hydrogen (secondary N) is 1. The van der Waals surface area contributed by atoms with Gasteiger partial charge in [-0.3, -0.25) is 0 Å². The van der Waals surface area contributed by atoms with E-state index in [2.05, 4.69) is 49.9 Å². The average Bonchev–Trinajstić information content (AvgIpc) is 3.09. The minimum atomic E-state index is -0.0501. The van der Waals surface area contributed by atoms with Crippen LogP contribution < -0.4 is 5.32 Å². The van der Waals surface area contributed by atoms with Gasteiger partial charge in [0.1, 0.15) is 23.2 Å². The second-order valence-corrected chi connectivity index (χ2v) is 5.86. The maximum atomic E-state index is 6.05. The summed E-state index contributed by atoms with van der Waals surface area (Å²) >= 11 is 3.53. The summed E-state index contributed by atoms with van der Waals surface area (Å²) in [7, 11) is 1.93. The summed E-state index contributed by atoms with van der Waals surface area (Å²) in [6.45, 7) is 3.12. The summed E-state index contributed by atoms with van der Waals surface area (Å²) < 4.78 is 9.19. The van der Waals surface area contributed by atoms with Crippen molar-refractivity contribution in [2.45, 2.75) is 25.9 Å². The van der Waals surface area contributed by atoms with E-state index in [0.29, 0.717) is 0 Å². The third-order valence-electron chi connectivity index (χ3n) is 3.56. The Kier molecular flexibility index (Phi) is 4.12. The van der Waals surface area contributed by atoms with E-state index in [1.165, 1.54) is 0 Å². The normalized spacial score (nSPS) is 12.9. The van der Waals surface area contributed by atoms with Crippen LogP contribution >= 0.6 is 15.9 Å². The Morgan fingerprint density at radius 1 is 1.43 bits per heavy atom.